The molecular formula is C25H39N7O7. The summed E-state index contributed by atoms with van der Waals surface area (Å²) in [6.07, 6.45) is 0.0504. The summed E-state index contributed by atoms with van der Waals surface area (Å²) in [6, 6.07) is 0.242. The molecule has 0 aliphatic heterocycles. The molecule has 39 heavy (non-hydrogen) atoms. The third-order valence-electron chi connectivity index (χ3n) is 5.93. The van der Waals surface area contributed by atoms with Crippen LogP contribution in [0.4, 0.5) is 0 Å². The lowest BCUT2D eigenvalue weighted by Crippen LogP contribution is -2.59. The molecule has 0 aliphatic carbocycles. The fourth-order valence-electron chi connectivity index (χ4n) is 3.50. The van der Waals surface area contributed by atoms with E-state index >= 15 is 0 Å². The Balaban J connectivity index is 3.16. The minimum absolute atomic E-state index is 0.00902. The maximum Gasteiger partial charge on any atom is 0.243 e. The Morgan fingerprint density at radius 1 is 0.692 bits per heavy atom. The Kier molecular flexibility index (Phi) is 13.4. The Bertz CT molecular complexity index is 1030. The summed E-state index contributed by atoms with van der Waals surface area (Å²) in [4.78, 5) is 74.6. The molecule has 1 aromatic rings. The first kappa shape index (κ1) is 32.8. The largest absolute Gasteiger partial charge is 0.508 e. The van der Waals surface area contributed by atoms with Crippen LogP contribution in [0.3, 0.4) is 0 Å². The van der Waals surface area contributed by atoms with Crippen LogP contribution in [0.1, 0.15) is 52.0 Å². The average molecular weight is 550 g/mol. The van der Waals surface area contributed by atoms with Crippen LogP contribution < -0.4 is 38.5 Å². The van der Waals surface area contributed by atoms with Crippen LogP contribution in [-0.4, -0.2) is 70.8 Å². The zero-order chi connectivity index (χ0) is 29.7. The van der Waals surface area contributed by atoms with Gasteiger partial charge in [0.1, 0.15) is 29.9 Å². The number of rotatable bonds is 16. The van der Waals surface area contributed by atoms with Gasteiger partial charge in [-0.25, -0.2) is 0 Å². The second-order valence-corrected chi connectivity index (χ2v) is 9.02. The van der Waals surface area contributed by atoms with Gasteiger partial charge in [0.2, 0.25) is 35.4 Å². The van der Waals surface area contributed by atoms with Gasteiger partial charge in [-0.1, -0.05) is 32.9 Å². The van der Waals surface area contributed by atoms with Gasteiger partial charge >= 0.3 is 0 Å². The van der Waals surface area contributed by atoms with Crippen LogP contribution in [0, 0.1) is 0 Å². The number of nitrogens with one attached hydrogen (secondary N) is 4. The molecule has 0 fully saturated rings. The molecule has 14 heteroatoms. The number of hydrogen-bond donors (Lipinski definition) is 8. The number of benzene rings is 1. The Labute approximate surface area is 226 Å². The standard InChI is InChI=1S/C25H39N7O7/c1-4-15(26)22(36)30-17(6-3)23(37)32-19(12-20(27)34)25(39)31-18(11-13-7-9-14(33)10-8-13)24(38)29-16(5-2)21(28)35/h7-10,15-19,33H,4-6,11-12,26H2,1-3H3,(H2,27,34)(H2,28,35)(H,29,38)(H,30,36)(H,31,39)(H,32,37)/t15-,16-,17-,18-,19-/m0/s1. The third-order valence-corrected chi connectivity index (χ3v) is 5.93. The second-order valence-electron chi connectivity index (χ2n) is 9.02. The first-order valence-electron chi connectivity index (χ1n) is 12.6. The molecule has 14 nitrogen and oxygen atoms in total. The lowest BCUT2D eigenvalue weighted by molar-refractivity contribution is -0.135. The molecule has 0 saturated carbocycles. The summed E-state index contributed by atoms with van der Waals surface area (Å²) in [5.41, 5.74) is 16.9. The van der Waals surface area contributed by atoms with Gasteiger partial charge in [-0.05, 0) is 37.0 Å². The zero-order valence-electron chi connectivity index (χ0n) is 22.4. The van der Waals surface area contributed by atoms with Crippen molar-refractivity contribution in [2.24, 2.45) is 17.2 Å². The topological polar surface area (TPSA) is 249 Å². The van der Waals surface area contributed by atoms with Crippen molar-refractivity contribution in [1.82, 2.24) is 21.3 Å². The highest BCUT2D eigenvalue weighted by Gasteiger charge is 2.31. The highest BCUT2D eigenvalue weighted by atomic mass is 16.3. The predicted molar refractivity (Wildman–Crippen MR) is 141 cm³/mol. The summed E-state index contributed by atoms with van der Waals surface area (Å²) in [5, 5.41) is 19.4. The minimum atomic E-state index is -1.48. The van der Waals surface area contributed by atoms with E-state index in [2.05, 4.69) is 21.3 Å². The molecule has 0 spiro atoms. The van der Waals surface area contributed by atoms with Gasteiger partial charge in [0.25, 0.3) is 0 Å². The van der Waals surface area contributed by atoms with Crippen molar-refractivity contribution >= 4 is 35.4 Å². The minimum Gasteiger partial charge on any atom is -0.508 e. The maximum atomic E-state index is 13.2. The molecule has 1 rings (SSSR count). The van der Waals surface area contributed by atoms with Crippen LogP contribution in [0.25, 0.3) is 0 Å². The van der Waals surface area contributed by atoms with E-state index in [1.807, 2.05) is 0 Å². The van der Waals surface area contributed by atoms with Crippen molar-refractivity contribution in [3.63, 3.8) is 0 Å². The smallest absolute Gasteiger partial charge is 0.243 e. The quantitative estimate of drug-likeness (QED) is 0.112. The van der Waals surface area contributed by atoms with Crippen molar-refractivity contribution in [1.29, 1.82) is 0 Å². The van der Waals surface area contributed by atoms with E-state index in [1.54, 1.807) is 20.8 Å². The number of aromatic hydroxyl groups is 1. The molecule has 0 aromatic heterocycles. The van der Waals surface area contributed by atoms with Crippen LogP contribution in [0.15, 0.2) is 24.3 Å². The number of carbonyl (C=O) groups excluding carboxylic acids is 6. The van der Waals surface area contributed by atoms with Gasteiger partial charge in [-0.2, -0.15) is 0 Å². The second kappa shape index (κ2) is 15.9. The highest BCUT2D eigenvalue weighted by Crippen LogP contribution is 2.12. The molecule has 6 amide bonds. The molecule has 0 heterocycles. The number of hydrogen-bond acceptors (Lipinski definition) is 8. The molecule has 1 aromatic carbocycles. The first-order chi connectivity index (χ1) is 18.3. The van der Waals surface area contributed by atoms with E-state index in [0.717, 1.165) is 0 Å². The monoisotopic (exact) mass is 549 g/mol. The molecule has 0 radical (unpaired) electrons. The Morgan fingerprint density at radius 2 is 1.15 bits per heavy atom. The number of carbonyl (C=O) groups is 6. The summed E-state index contributed by atoms with van der Waals surface area (Å²) in [5.74, 6) is -4.63. The number of nitrogens with two attached hydrogens (primary N) is 3. The molecule has 0 bridgehead atoms. The van der Waals surface area contributed by atoms with E-state index in [0.29, 0.717) is 12.0 Å². The van der Waals surface area contributed by atoms with Crippen molar-refractivity contribution < 1.29 is 33.9 Å². The Hall–Kier alpha value is -4.20. The number of amides is 6. The molecule has 0 unspecified atom stereocenters. The van der Waals surface area contributed by atoms with Gasteiger partial charge in [0, 0.05) is 6.42 Å². The molecule has 216 valence electrons. The van der Waals surface area contributed by atoms with Crippen LogP contribution in [0.2, 0.25) is 0 Å². The van der Waals surface area contributed by atoms with Crippen LogP contribution >= 0.6 is 0 Å². The van der Waals surface area contributed by atoms with E-state index in [9.17, 15) is 33.9 Å². The Morgan fingerprint density at radius 3 is 1.64 bits per heavy atom. The highest BCUT2D eigenvalue weighted by molar-refractivity contribution is 5.97. The van der Waals surface area contributed by atoms with Crippen molar-refractivity contribution in [3.05, 3.63) is 29.8 Å². The number of primary amides is 2. The number of phenols is 1. The summed E-state index contributed by atoms with van der Waals surface area (Å²) in [7, 11) is 0. The normalized spacial score (nSPS) is 14.6. The SMILES string of the molecule is CC[C@H](NC(=O)[C@H](Cc1ccc(O)cc1)NC(=O)[C@H](CC(N)=O)NC(=O)[C@H](CC)NC(=O)[C@@H](N)CC)C(N)=O. The average Bonchev–Trinajstić information content (AvgIpc) is 2.89. The van der Waals surface area contributed by atoms with Gasteiger partial charge in [0.15, 0.2) is 0 Å². The summed E-state index contributed by atoms with van der Waals surface area (Å²) < 4.78 is 0. The van der Waals surface area contributed by atoms with E-state index in [1.165, 1.54) is 24.3 Å². The van der Waals surface area contributed by atoms with Crippen LogP contribution in [-0.2, 0) is 35.2 Å². The van der Waals surface area contributed by atoms with Crippen molar-refractivity contribution in [3.8, 4) is 5.75 Å². The van der Waals surface area contributed by atoms with Gasteiger partial charge in [0.05, 0.1) is 12.5 Å². The summed E-state index contributed by atoms with van der Waals surface area (Å²) >= 11 is 0. The molecule has 0 aliphatic rings. The van der Waals surface area contributed by atoms with Gasteiger partial charge in [-0.3, -0.25) is 28.8 Å². The predicted octanol–water partition coefficient (Wildman–Crippen LogP) is -2.21. The molecule has 0 saturated heterocycles. The number of phenolic OH excluding ortho intramolecular Hbond substituents is 1. The maximum absolute atomic E-state index is 13.2. The lowest BCUT2D eigenvalue weighted by Gasteiger charge is -2.26. The zero-order valence-corrected chi connectivity index (χ0v) is 22.4. The van der Waals surface area contributed by atoms with Crippen molar-refractivity contribution in [2.45, 2.75) is 83.1 Å². The van der Waals surface area contributed by atoms with Gasteiger partial charge in [-0.15, -0.1) is 0 Å². The fourth-order valence-corrected chi connectivity index (χ4v) is 3.50. The lowest BCUT2D eigenvalue weighted by atomic mass is 10.0. The first-order valence-corrected chi connectivity index (χ1v) is 12.6. The summed E-state index contributed by atoms with van der Waals surface area (Å²) in [6.45, 7) is 4.97. The van der Waals surface area contributed by atoms with Crippen molar-refractivity contribution in [2.75, 3.05) is 0 Å². The van der Waals surface area contributed by atoms with E-state index < -0.39 is 72.1 Å². The van der Waals surface area contributed by atoms with E-state index in [4.69, 9.17) is 17.2 Å². The third kappa shape index (κ3) is 11.0. The molecule has 11 N–H and O–H groups in total. The fraction of sp³-hybridized carbons (Fsp3) is 0.520. The van der Waals surface area contributed by atoms with E-state index in [-0.39, 0.29) is 25.0 Å². The molecular weight excluding hydrogens is 510 g/mol. The van der Waals surface area contributed by atoms with Crippen LogP contribution in [0.5, 0.6) is 5.75 Å². The molecule has 5 atom stereocenters. The van der Waals surface area contributed by atoms with Gasteiger partial charge < -0.3 is 43.6 Å².